The summed E-state index contributed by atoms with van der Waals surface area (Å²) in [4.78, 5) is 16.8. The smallest absolute Gasteiger partial charge is 0.354 e. The lowest BCUT2D eigenvalue weighted by Crippen LogP contribution is -2.21. The van der Waals surface area contributed by atoms with Gasteiger partial charge < -0.3 is 24.5 Å². The van der Waals surface area contributed by atoms with Gasteiger partial charge in [0.25, 0.3) is 0 Å². The van der Waals surface area contributed by atoms with Crippen molar-refractivity contribution in [3.63, 3.8) is 0 Å². The lowest BCUT2D eigenvalue weighted by molar-refractivity contribution is 0.0692. The number of rotatable bonds is 6. The van der Waals surface area contributed by atoms with Gasteiger partial charge in [0.15, 0.2) is 0 Å². The van der Waals surface area contributed by atoms with Crippen LogP contribution in [0.1, 0.15) is 74.7 Å². The van der Waals surface area contributed by atoms with Crippen molar-refractivity contribution in [3.05, 3.63) is 17.8 Å². The van der Waals surface area contributed by atoms with Gasteiger partial charge in [0, 0.05) is 26.2 Å². The molecule has 0 saturated heterocycles. The van der Waals surface area contributed by atoms with E-state index in [2.05, 4.69) is 4.98 Å². The number of H-pyrrole nitrogens is 1. The second-order valence-electron chi connectivity index (χ2n) is 8.65. The predicted molar refractivity (Wildman–Crippen MR) is 115 cm³/mol. The molecule has 158 valence electrons. The van der Waals surface area contributed by atoms with Crippen molar-refractivity contribution >= 4 is 22.6 Å². The van der Waals surface area contributed by atoms with Gasteiger partial charge in [-0.1, -0.05) is 12.8 Å². The molecular weight excluding hydrogens is 368 g/mol. The highest BCUT2D eigenvalue weighted by Crippen LogP contribution is 2.42. The van der Waals surface area contributed by atoms with Gasteiger partial charge in [-0.2, -0.15) is 0 Å². The SMILES string of the molecule is CN(C)c1c(C(=O)O)[nH]c2cc(OC3CCCCC3)cc(OC3CCCCC3)c12. The average molecular weight is 401 g/mol. The van der Waals surface area contributed by atoms with Gasteiger partial charge in [0.2, 0.25) is 0 Å². The first-order valence-corrected chi connectivity index (χ1v) is 11.0. The molecule has 1 aromatic heterocycles. The second-order valence-corrected chi connectivity index (χ2v) is 8.65. The number of carbonyl (C=O) groups is 1. The lowest BCUT2D eigenvalue weighted by Gasteiger charge is -2.26. The second kappa shape index (κ2) is 8.56. The number of anilines is 1. The van der Waals surface area contributed by atoms with E-state index in [9.17, 15) is 9.90 Å². The van der Waals surface area contributed by atoms with E-state index >= 15 is 0 Å². The Kier molecular flexibility index (Phi) is 5.88. The minimum atomic E-state index is -0.969. The molecule has 1 aromatic carbocycles. The summed E-state index contributed by atoms with van der Waals surface area (Å²) >= 11 is 0. The Morgan fingerprint density at radius 2 is 1.55 bits per heavy atom. The van der Waals surface area contributed by atoms with E-state index in [1.807, 2.05) is 31.1 Å². The van der Waals surface area contributed by atoms with Crippen LogP contribution in [0.3, 0.4) is 0 Å². The molecule has 6 nitrogen and oxygen atoms in total. The standard InChI is InChI=1S/C23H32N2O4/c1-25(2)22-20-18(24-21(22)23(26)27)13-17(28-15-9-5-3-6-10-15)14-19(20)29-16-11-7-4-8-12-16/h13-16,24H,3-12H2,1-2H3,(H,26,27). The van der Waals surface area contributed by atoms with Crippen molar-refractivity contribution < 1.29 is 19.4 Å². The number of aromatic carboxylic acids is 1. The van der Waals surface area contributed by atoms with Crippen molar-refractivity contribution in [3.8, 4) is 11.5 Å². The topological polar surface area (TPSA) is 74.8 Å². The average Bonchev–Trinajstić information content (AvgIpc) is 3.10. The summed E-state index contributed by atoms with van der Waals surface area (Å²) < 4.78 is 12.8. The molecule has 0 bridgehead atoms. The van der Waals surface area contributed by atoms with Crippen molar-refractivity contribution in [2.24, 2.45) is 0 Å². The maximum Gasteiger partial charge on any atom is 0.354 e. The van der Waals surface area contributed by atoms with E-state index in [1.54, 1.807) is 0 Å². The van der Waals surface area contributed by atoms with E-state index in [0.717, 1.165) is 48.1 Å². The Labute approximate surface area is 172 Å². The van der Waals surface area contributed by atoms with Crippen LogP contribution in [0.2, 0.25) is 0 Å². The first-order chi connectivity index (χ1) is 14.0. The van der Waals surface area contributed by atoms with Gasteiger partial charge in [-0.25, -0.2) is 4.79 Å². The molecule has 2 N–H and O–H groups in total. The first kappa shape index (κ1) is 19.9. The number of carboxylic acids is 1. The zero-order valence-corrected chi connectivity index (χ0v) is 17.5. The fourth-order valence-corrected chi connectivity index (χ4v) is 4.75. The van der Waals surface area contributed by atoms with Crippen LogP contribution in [-0.2, 0) is 0 Å². The number of ether oxygens (including phenoxy) is 2. The Balaban J connectivity index is 1.76. The largest absolute Gasteiger partial charge is 0.490 e. The summed E-state index contributed by atoms with van der Waals surface area (Å²) in [6.45, 7) is 0. The van der Waals surface area contributed by atoms with Gasteiger partial charge in [0.1, 0.15) is 17.2 Å². The Morgan fingerprint density at radius 1 is 0.966 bits per heavy atom. The number of aromatic amines is 1. The highest BCUT2D eigenvalue weighted by molar-refractivity contribution is 6.08. The molecule has 0 radical (unpaired) electrons. The van der Waals surface area contributed by atoms with Crippen LogP contribution >= 0.6 is 0 Å². The molecule has 2 aromatic rings. The van der Waals surface area contributed by atoms with Gasteiger partial charge >= 0.3 is 5.97 Å². The van der Waals surface area contributed by atoms with Crippen LogP contribution in [-0.4, -0.2) is 42.4 Å². The normalized spacial score (nSPS) is 18.7. The monoisotopic (exact) mass is 400 g/mol. The number of fused-ring (bicyclic) bond motifs is 1. The minimum absolute atomic E-state index is 0.176. The van der Waals surface area contributed by atoms with Gasteiger partial charge in [-0.3, -0.25) is 0 Å². The molecule has 0 amide bonds. The van der Waals surface area contributed by atoms with Gasteiger partial charge in [-0.05, 0) is 51.4 Å². The van der Waals surface area contributed by atoms with E-state index in [0.29, 0.717) is 5.69 Å². The Hall–Kier alpha value is -2.37. The van der Waals surface area contributed by atoms with Crippen molar-refractivity contribution in [2.75, 3.05) is 19.0 Å². The molecule has 29 heavy (non-hydrogen) atoms. The molecule has 2 fully saturated rings. The van der Waals surface area contributed by atoms with Gasteiger partial charge in [0.05, 0.1) is 28.8 Å². The summed E-state index contributed by atoms with van der Waals surface area (Å²) in [5.41, 5.74) is 1.60. The fourth-order valence-electron chi connectivity index (χ4n) is 4.75. The molecule has 6 heteroatoms. The van der Waals surface area contributed by atoms with Crippen LogP contribution in [0.4, 0.5) is 5.69 Å². The fraction of sp³-hybridized carbons (Fsp3) is 0.609. The molecule has 0 spiro atoms. The zero-order chi connectivity index (χ0) is 20.4. The number of nitrogens with one attached hydrogen (secondary N) is 1. The van der Waals surface area contributed by atoms with Crippen LogP contribution in [0.25, 0.3) is 10.9 Å². The maximum absolute atomic E-state index is 11.9. The Bertz CT molecular complexity index is 861. The summed E-state index contributed by atoms with van der Waals surface area (Å²) in [5, 5.41) is 10.6. The molecule has 4 rings (SSSR count). The third-order valence-corrected chi connectivity index (χ3v) is 6.17. The van der Waals surface area contributed by atoms with E-state index in [1.165, 1.54) is 38.5 Å². The van der Waals surface area contributed by atoms with Crippen molar-refractivity contribution in [2.45, 2.75) is 76.4 Å². The molecule has 0 unspecified atom stereocenters. The van der Waals surface area contributed by atoms with Crippen LogP contribution in [0.5, 0.6) is 11.5 Å². The molecule has 2 aliphatic rings. The van der Waals surface area contributed by atoms with Gasteiger partial charge in [-0.15, -0.1) is 0 Å². The van der Waals surface area contributed by atoms with E-state index < -0.39 is 5.97 Å². The highest BCUT2D eigenvalue weighted by Gasteiger charge is 2.25. The third kappa shape index (κ3) is 4.31. The number of carboxylic acid groups (broad SMARTS) is 1. The number of hydrogen-bond donors (Lipinski definition) is 2. The first-order valence-electron chi connectivity index (χ1n) is 11.0. The molecular formula is C23H32N2O4. The number of nitrogens with zero attached hydrogens (tertiary/aromatic N) is 1. The lowest BCUT2D eigenvalue weighted by atomic mass is 9.97. The summed E-state index contributed by atoms with van der Waals surface area (Å²) in [7, 11) is 3.73. The Morgan fingerprint density at radius 3 is 2.10 bits per heavy atom. The van der Waals surface area contributed by atoms with Crippen LogP contribution in [0.15, 0.2) is 12.1 Å². The minimum Gasteiger partial charge on any atom is -0.490 e. The third-order valence-electron chi connectivity index (χ3n) is 6.17. The molecule has 2 saturated carbocycles. The van der Waals surface area contributed by atoms with Crippen LogP contribution < -0.4 is 14.4 Å². The number of hydrogen-bond acceptors (Lipinski definition) is 4. The maximum atomic E-state index is 11.9. The highest BCUT2D eigenvalue weighted by atomic mass is 16.5. The molecule has 2 aliphatic carbocycles. The summed E-state index contributed by atoms with van der Waals surface area (Å²) in [6.07, 6.45) is 11.9. The van der Waals surface area contributed by atoms with Crippen LogP contribution in [0, 0.1) is 0 Å². The summed E-state index contributed by atoms with van der Waals surface area (Å²) in [5.74, 6) is 0.523. The quantitative estimate of drug-likeness (QED) is 0.683. The predicted octanol–water partition coefficient (Wildman–Crippen LogP) is 5.36. The molecule has 0 atom stereocenters. The molecule has 0 aliphatic heterocycles. The number of benzene rings is 1. The number of aromatic nitrogens is 1. The van der Waals surface area contributed by atoms with E-state index in [-0.39, 0.29) is 17.9 Å². The molecule has 1 heterocycles. The zero-order valence-electron chi connectivity index (χ0n) is 17.5. The van der Waals surface area contributed by atoms with E-state index in [4.69, 9.17) is 9.47 Å². The van der Waals surface area contributed by atoms with Crippen molar-refractivity contribution in [1.82, 2.24) is 4.98 Å². The summed E-state index contributed by atoms with van der Waals surface area (Å²) in [6, 6.07) is 3.90. The van der Waals surface area contributed by atoms with Crippen molar-refractivity contribution in [1.29, 1.82) is 0 Å².